The maximum absolute atomic E-state index is 9.53. The third kappa shape index (κ3) is 2.88. The van der Waals surface area contributed by atoms with E-state index in [1.54, 1.807) is 12.1 Å². The van der Waals surface area contributed by atoms with Gasteiger partial charge in [-0.2, -0.15) is 0 Å². The minimum atomic E-state index is 0.160. The highest BCUT2D eigenvalue weighted by Crippen LogP contribution is 2.37. The Balaban J connectivity index is 1.83. The fourth-order valence-electron chi connectivity index (χ4n) is 2.89. The van der Waals surface area contributed by atoms with Gasteiger partial charge in [-0.3, -0.25) is 5.32 Å². The zero-order chi connectivity index (χ0) is 14.8. The predicted molar refractivity (Wildman–Crippen MR) is 83.5 cm³/mol. The summed E-state index contributed by atoms with van der Waals surface area (Å²) in [6.07, 6.45) is 0. The van der Waals surface area contributed by atoms with Crippen molar-refractivity contribution in [2.24, 2.45) is 5.92 Å². The molecule has 2 unspecified atom stereocenters. The number of ether oxygens (including phenoxy) is 1. The van der Waals surface area contributed by atoms with E-state index in [1.807, 2.05) is 12.1 Å². The lowest BCUT2D eigenvalue weighted by Crippen LogP contribution is -2.30. The number of rotatable bonds is 4. The van der Waals surface area contributed by atoms with Crippen molar-refractivity contribution in [1.29, 1.82) is 0 Å². The van der Waals surface area contributed by atoms with E-state index >= 15 is 0 Å². The van der Waals surface area contributed by atoms with Gasteiger partial charge in [0.15, 0.2) is 0 Å². The van der Waals surface area contributed by atoms with Gasteiger partial charge in [0.05, 0.1) is 6.04 Å². The molecule has 0 saturated heterocycles. The molecule has 0 spiro atoms. The third-order valence-corrected chi connectivity index (χ3v) is 3.98. The molecule has 0 bridgehead atoms. The molecule has 0 aromatic heterocycles. The number of phenolic OH excluding ortho intramolecular Hbond substituents is 1. The van der Waals surface area contributed by atoms with E-state index in [9.17, 15) is 5.11 Å². The zero-order valence-electron chi connectivity index (χ0n) is 12.4. The first-order valence-corrected chi connectivity index (χ1v) is 7.42. The lowest BCUT2D eigenvalue weighted by atomic mass is 9.94. The lowest BCUT2D eigenvalue weighted by Gasteiger charge is -2.26. The molecule has 1 aliphatic heterocycles. The van der Waals surface area contributed by atoms with Crippen molar-refractivity contribution in [3.8, 4) is 11.5 Å². The Morgan fingerprint density at radius 3 is 2.62 bits per heavy atom. The Kier molecular flexibility index (Phi) is 3.84. The van der Waals surface area contributed by atoms with Crippen molar-refractivity contribution in [1.82, 2.24) is 5.32 Å². The summed E-state index contributed by atoms with van der Waals surface area (Å²) in [5.74, 6) is 1.51. The van der Waals surface area contributed by atoms with E-state index in [0.717, 1.165) is 11.3 Å². The maximum atomic E-state index is 9.53. The highest BCUT2D eigenvalue weighted by atomic mass is 16.5. The quantitative estimate of drug-likeness (QED) is 0.896. The molecule has 0 amide bonds. The van der Waals surface area contributed by atoms with Gasteiger partial charge in [0, 0.05) is 17.7 Å². The molecule has 0 aliphatic carbocycles. The number of nitrogens with one attached hydrogen (secondary N) is 1. The molecule has 0 saturated carbocycles. The standard InChI is InChI=1S/C18H21NO2/c1-12(2)18(13-6-4-3-5-7-13)19-16-11-21-17-10-14(20)8-9-15(16)17/h3-10,12,16,18-20H,11H2,1-2H3. The van der Waals surface area contributed by atoms with E-state index in [0.29, 0.717) is 12.5 Å². The van der Waals surface area contributed by atoms with Crippen LogP contribution in [-0.4, -0.2) is 11.7 Å². The fraction of sp³-hybridized carbons (Fsp3) is 0.333. The minimum absolute atomic E-state index is 0.160. The Bertz CT molecular complexity index is 610. The van der Waals surface area contributed by atoms with Gasteiger partial charge in [-0.25, -0.2) is 0 Å². The molecule has 3 heteroatoms. The molecule has 1 heterocycles. The normalized spacial score (nSPS) is 18.3. The van der Waals surface area contributed by atoms with Crippen LogP contribution in [0.1, 0.15) is 37.1 Å². The van der Waals surface area contributed by atoms with Crippen LogP contribution in [0.2, 0.25) is 0 Å². The van der Waals surface area contributed by atoms with Crippen molar-refractivity contribution < 1.29 is 9.84 Å². The number of hydrogen-bond donors (Lipinski definition) is 2. The SMILES string of the molecule is CC(C)C(NC1COc2cc(O)ccc21)c1ccccc1. The molecule has 21 heavy (non-hydrogen) atoms. The monoisotopic (exact) mass is 283 g/mol. The summed E-state index contributed by atoms with van der Waals surface area (Å²) >= 11 is 0. The first-order valence-electron chi connectivity index (χ1n) is 7.42. The zero-order valence-corrected chi connectivity index (χ0v) is 12.4. The Morgan fingerprint density at radius 2 is 1.90 bits per heavy atom. The Hall–Kier alpha value is -2.00. The van der Waals surface area contributed by atoms with E-state index in [-0.39, 0.29) is 17.8 Å². The lowest BCUT2D eigenvalue weighted by molar-refractivity contribution is 0.279. The van der Waals surface area contributed by atoms with Gasteiger partial charge in [-0.15, -0.1) is 0 Å². The van der Waals surface area contributed by atoms with E-state index in [2.05, 4.69) is 43.4 Å². The van der Waals surface area contributed by atoms with Crippen molar-refractivity contribution in [2.45, 2.75) is 25.9 Å². The van der Waals surface area contributed by atoms with Crippen molar-refractivity contribution in [3.05, 3.63) is 59.7 Å². The second kappa shape index (κ2) is 5.78. The number of hydrogen-bond acceptors (Lipinski definition) is 3. The number of aromatic hydroxyl groups is 1. The van der Waals surface area contributed by atoms with Gasteiger partial charge in [-0.05, 0) is 23.6 Å². The van der Waals surface area contributed by atoms with Gasteiger partial charge < -0.3 is 9.84 Å². The van der Waals surface area contributed by atoms with Crippen LogP contribution in [0.25, 0.3) is 0 Å². The van der Waals surface area contributed by atoms with Crippen LogP contribution in [0.15, 0.2) is 48.5 Å². The van der Waals surface area contributed by atoms with Gasteiger partial charge >= 0.3 is 0 Å². The summed E-state index contributed by atoms with van der Waals surface area (Å²) in [7, 11) is 0. The predicted octanol–water partition coefficient (Wildman–Crippen LogP) is 3.81. The molecule has 3 nitrogen and oxygen atoms in total. The maximum Gasteiger partial charge on any atom is 0.127 e. The van der Waals surface area contributed by atoms with Gasteiger partial charge in [0.2, 0.25) is 0 Å². The van der Waals surface area contributed by atoms with Crippen molar-refractivity contribution >= 4 is 0 Å². The van der Waals surface area contributed by atoms with Gasteiger partial charge in [0.1, 0.15) is 18.1 Å². The van der Waals surface area contributed by atoms with Crippen molar-refractivity contribution in [3.63, 3.8) is 0 Å². The fourth-order valence-corrected chi connectivity index (χ4v) is 2.89. The van der Waals surface area contributed by atoms with Crippen LogP contribution >= 0.6 is 0 Å². The average molecular weight is 283 g/mol. The molecule has 110 valence electrons. The molecule has 2 atom stereocenters. The molecule has 1 aliphatic rings. The van der Waals surface area contributed by atoms with E-state index in [1.165, 1.54) is 5.56 Å². The summed E-state index contributed by atoms with van der Waals surface area (Å²) in [4.78, 5) is 0. The van der Waals surface area contributed by atoms with Crippen LogP contribution in [0.5, 0.6) is 11.5 Å². The topological polar surface area (TPSA) is 41.5 Å². The summed E-state index contributed by atoms with van der Waals surface area (Å²) in [5, 5.41) is 13.2. The highest BCUT2D eigenvalue weighted by Gasteiger charge is 2.28. The summed E-state index contributed by atoms with van der Waals surface area (Å²) in [5.41, 5.74) is 2.41. The molecule has 2 aromatic carbocycles. The Morgan fingerprint density at radius 1 is 1.14 bits per heavy atom. The van der Waals surface area contributed by atoms with Crippen LogP contribution in [0.4, 0.5) is 0 Å². The first kappa shape index (κ1) is 14.0. The smallest absolute Gasteiger partial charge is 0.127 e. The van der Waals surface area contributed by atoms with E-state index < -0.39 is 0 Å². The number of fused-ring (bicyclic) bond motifs is 1. The summed E-state index contributed by atoms with van der Waals surface area (Å²) < 4.78 is 5.69. The van der Waals surface area contributed by atoms with Crippen molar-refractivity contribution in [2.75, 3.05) is 6.61 Å². The molecule has 3 rings (SSSR count). The largest absolute Gasteiger partial charge is 0.508 e. The first-order chi connectivity index (χ1) is 10.1. The summed E-state index contributed by atoms with van der Waals surface area (Å²) in [6.45, 7) is 5.05. The average Bonchev–Trinajstić information content (AvgIpc) is 2.87. The second-order valence-corrected chi connectivity index (χ2v) is 5.88. The summed E-state index contributed by atoms with van der Waals surface area (Å²) in [6, 6.07) is 16.3. The highest BCUT2D eigenvalue weighted by molar-refractivity contribution is 5.44. The molecule has 2 aromatic rings. The molecule has 0 radical (unpaired) electrons. The second-order valence-electron chi connectivity index (χ2n) is 5.88. The van der Waals surface area contributed by atoms with Crippen LogP contribution < -0.4 is 10.1 Å². The van der Waals surface area contributed by atoms with Gasteiger partial charge in [-0.1, -0.05) is 44.2 Å². The van der Waals surface area contributed by atoms with Crippen LogP contribution in [0.3, 0.4) is 0 Å². The van der Waals surface area contributed by atoms with E-state index in [4.69, 9.17) is 4.74 Å². The van der Waals surface area contributed by atoms with Crippen LogP contribution in [-0.2, 0) is 0 Å². The van der Waals surface area contributed by atoms with Crippen LogP contribution in [0, 0.1) is 5.92 Å². The minimum Gasteiger partial charge on any atom is -0.508 e. The molecular weight excluding hydrogens is 262 g/mol. The third-order valence-electron chi connectivity index (χ3n) is 3.98. The Labute approximate surface area is 125 Å². The van der Waals surface area contributed by atoms with Gasteiger partial charge in [0.25, 0.3) is 0 Å². The molecule has 2 N–H and O–H groups in total. The molecule has 0 fully saturated rings. The number of benzene rings is 2. The number of phenols is 1. The molecular formula is C18H21NO2.